The number of halogens is 1. The molecular formula is C45H38BrN5O8. The number of methoxy groups -OCH3 is 2. The summed E-state index contributed by atoms with van der Waals surface area (Å²) in [7, 11) is 4.61. The number of nitrogens with zero attached hydrogens (tertiary/aromatic N) is 5. The maximum absolute atomic E-state index is 15.2. The van der Waals surface area contributed by atoms with Crippen LogP contribution in [0.4, 0.5) is 0 Å². The van der Waals surface area contributed by atoms with Crippen LogP contribution in [-0.4, -0.2) is 54.4 Å². The Labute approximate surface area is 345 Å². The normalized spacial score (nSPS) is 21.0. The van der Waals surface area contributed by atoms with E-state index in [1.807, 2.05) is 42.5 Å². The number of hydrogen-bond donors (Lipinski definition) is 1. The van der Waals surface area contributed by atoms with Gasteiger partial charge in [0.25, 0.3) is 5.56 Å². The zero-order valence-electron chi connectivity index (χ0n) is 32.3. The molecule has 1 saturated carbocycles. The van der Waals surface area contributed by atoms with E-state index in [0.717, 1.165) is 4.57 Å². The number of ether oxygens (including phenoxy) is 2. The molecule has 13 nitrogen and oxygen atoms in total. The highest BCUT2D eigenvalue weighted by atomic mass is 79.9. The summed E-state index contributed by atoms with van der Waals surface area (Å²) in [6.07, 6.45) is 3.26. The predicted molar refractivity (Wildman–Crippen MR) is 223 cm³/mol. The first kappa shape index (κ1) is 38.0. The molecule has 9 rings (SSSR count). The van der Waals surface area contributed by atoms with Crippen LogP contribution < -0.4 is 26.4 Å². The molecule has 0 saturated heterocycles. The van der Waals surface area contributed by atoms with Crippen LogP contribution in [0.15, 0.2) is 128 Å². The Morgan fingerprint density at radius 3 is 2.29 bits per heavy atom. The minimum atomic E-state index is -1.51. The lowest BCUT2D eigenvalue weighted by Gasteiger charge is -2.54. The van der Waals surface area contributed by atoms with Gasteiger partial charge in [-0.3, -0.25) is 14.4 Å². The molecule has 2 aromatic heterocycles. The van der Waals surface area contributed by atoms with Gasteiger partial charge in [-0.1, -0.05) is 82.7 Å². The van der Waals surface area contributed by atoms with Crippen molar-refractivity contribution in [1.29, 1.82) is 0 Å². The SMILES string of the molecule is COc1cc2nc(CCn3c(=O)n4n(c3=O)[C@@H]3C[C@H]5C(=O)C(c6ccccc6)=CC(=O)[C@@]5(c5ccccc5)[C@@H](c5cc(Br)ccc5O)C3=CC4)c(=O)n(C)c2cc1OC. The van der Waals surface area contributed by atoms with Gasteiger partial charge in [-0.25, -0.2) is 28.5 Å². The van der Waals surface area contributed by atoms with Crippen molar-refractivity contribution >= 4 is 44.1 Å². The molecule has 59 heavy (non-hydrogen) atoms. The van der Waals surface area contributed by atoms with Crippen molar-refractivity contribution in [3.8, 4) is 17.2 Å². The molecule has 0 bridgehead atoms. The molecule has 0 amide bonds. The van der Waals surface area contributed by atoms with Gasteiger partial charge in [0.15, 0.2) is 23.1 Å². The third kappa shape index (κ3) is 5.71. The Morgan fingerprint density at radius 2 is 1.58 bits per heavy atom. The molecule has 0 spiro atoms. The molecule has 0 radical (unpaired) electrons. The van der Waals surface area contributed by atoms with Crippen molar-refractivity contribution in [2.24, 2.45) is 13.0 Å². The first-order chi connectivity index (χ1) is 28.5. The molecule has 1 N–H and O–H groups in total. The number of rotatable bonds is 8. The fourth-order valence-corrected chi connectivity index (χ4v) is 9.94. The highest BCUT2D eigenvalue weighted by Crippen LogP contribution is 2.62. The first-order valence-corrected chi connectivity index (χ1v) is 19.9. The summed E-state index contributed by atoms with van der Waals surface area (Å²) in [6, 6.07) is 25.6. The second kappa shape index (κ2) is 14.4. The summed E-state index contributed by atoms with van der Waals surface area (Å²) >= 11 is 3.56. The van der Waals surface area contributed by atoms with Crippen LogP contribution in [0.1, 0.15) is 40.8 Å². The van der Waals surface area contributed by atoms with Gasteiger partial charge >= 0.3 is 11.4 Å². The van der Waals surface area contributed by atoms with Gasteiger partial charge in [-0.15, -0.1) is 0 Å². The number of aromatic hydroxyl groups is 1. The number of aromatic nitrogens is 5. The van der Waals surface area contributed by atoms with Crippen LogP contribution in [0.5, 0.6) is 17.2 Å². The molecule has 298 valence electrons. The van der Waals surface area contributed by atoms with Crippen LogP contribution in [0.3, 0.4) is 0 Å². The zero-order valence-corrected chi connectivity index (χ0v) is 33.9. The van der Waals surface area contributed by atoms with E-state index in [4.69, 9.17) is 9.47 Å². The lowest BCUT2D eigenvalue weighted by molar-refractivity contribution is -0.133. The van der Waals surface area contributed by atoms with Gasteiger partial charge in [0.1, 0.15) is 11.4 Å². The largest absolute Gasteiger partial charge is 0.508 e. The highest BCUT2D eigenvalue weighted by molar-refractivity contribution is 9.10. The Hall–Kier alpha value is -6.54. The molecule has 3 heterocycles. The van der Waals surface area contributed by atoms with E-state index in [9.17, 15) is 19.5 Å². The van der Waals surface area contributed by atoms with E-state index in [-0.39, 0.29) is 54.5 Å². The minimum Gasteiger partial charge on any atom is -0.508 e. The van der Waals surface area contributed by atoms with Gasteiger partial charge in [0, 0.05) is 59.6 Å². The smallest absolute Gasteiger partial charge is 0.347 e. The maximum atomic E-state index is 15.2. The number of carbonyl (C=O) groups excluding carboxylic acids is 2. The number of allylic oxidation sites excluding steroid dienone is 4. The van der Waals surface area contributed by atoms with Gasteiger partial charge in [-0.05, 0) is 47.4 Å². The van der Waals surface area contributed by atoms with Crippen molar-refractivity contribution in [2.45, 2.75) is 43.3 Å². The quantitative estimate of drug-likeness (QED) is 0.202. The fourth-order valence-electron chi connectivity index (χ4n) is 9.57. The van der Waals surface area contributed by atoms with E-state index in [1.165, 1.54) is 40.3 Å². The molecule has 4 aromatic carbocycles. The van der Waals surface area contributed by atoms with Gasteiger partial charge in [0.2, 0.25) is 0 Å². The summed E-state index contributed by atoms with van der Waals surface area (Å²) in [4.78, 5) is 77.3. The maximum Gasteiger partial charge on any atom is 0.347 e. The van der Waals surface area contributed by atoms with E-state index in [1.54, 1.807) is 55.6 Å². The van der Waals surface area contributed by atoms with Crippen LogP contribution in [-0.2, 0) is 41.6 Å². The average molecular weight is 857 g/mol. The topological polar surface area (TPSA) is 157 Å². The van der Waals surface area contributed by atoms with Crippen molar-refractivity contribution in [2.75, 3.05) is 14.2 Å². The molecule has 1 fully saturated rings. The van der Waals surface area contributed by atoms with Crippen LogP contribution in [0.2, 0.25) is 0 Å². The molecule has 4 atom stereocenters. The van der Waals surface area contributed by atoms with E-state index in [0.29, 0.717) is 49.3 Å². The Kier molecular flexibility index (Phi) is 9.26. The van der Waals surface area contributed by atoms with Crippen molar-refractivity contribution < 1.29 is 24.2 Å². The molecular weight excluding hydrogens is 818 g/mol. The third-order valence-electron chi connectivity index (χ3n) is 12.2. The number of benzene rings is 4. The highest BCUT2D eigenvalue weighted by Gasteiger charge is 2.63. The second-order valence-corrected chi connectivity index (χ2v) is 16.0. The fraction of sp³-hybridized carbons (Fsp3) is 0.244. The standard InChI is InChI=1S/C45H38BrN5O8/c1-48-35-24-38(59-3)37(58-2)23-33(35)47-32(42(48)55)17-18-49-43(56)50-19-16-28-34(51(50)44(49)57)22-31-41(54)29(25-10-6-4-7-11-25)21-39(53)45(31,26-12-8-5-9-13-26)40(28)30-20-27(46)14-15-36(30)52/h4-16,20-21,23-24,31,34,40,52H,17-19,22H2,1-3H3/t31-,34+,40+,45-/m0/s1. The third-order valence-corrected chi connectivity index (χ3v) is 12.7. The van der Waals surface area contributed by atoms with Crippen molar-refractivity contribution in [3.63, 3.8) is 0 Å². The van der Waals surface area contributed by atoms with Crippen molar-refractivity contribution in [1.82, 2.24) is 23.5 Å². The summed E-state index contributed by atoms with van der Waals surface area (Å²) in [6.45, 7) is -0.169. The number of fused-ring (bicyclic) bond motifs is 5. The van der Waals surface area contributed by atoms with Crippen LogP contribution in [0.25, 0.3) is 16.6 Å². The van der Waals surface area contributed by atoms with E-state index in [2.05, 4.69) is 20.9 Å². The van der Waals surface area contributed by atoms with Gasteiger partial charge in [-0.2, -0.15) is 0 Å². The van der Waals surface area contributed by atoms with E-state index >= 15 is 9.59 Å². The number of phenols is 1. The lowest BCUT2D eigenvalue weighted by atomic mass is 9.47. The summed E-state index contributed by atoms with van der Waals surface area (Å²) < 4.78 is 16.8. The molecule has 14 heteroatoms. The number of ketones is 2. The molecule has 0 unspecified atom stereocenters. The predicted octanol–water partition coefficient (Wildman–Crippen LogP) is 5.24. The van der Waals surface area contributed by atoms with Gasteiger partial charge in [0.05, 0.1) is 43.3 Å². The molecule has 1 aliphatic heterocycles. The average Bonchev–Trinajstić information content (AvgIpc) is 3.50. The summed E-state index contributed by atoms with van der Waals surface area (Å²) in [5, 5.41) is 11.6. The molecule has 3 aliphatic rings. The number of aryl methyl sites for hydroxylation is 2. The van der Waals surface area contributed by atoms with Crippen LogP contribution in [0, 0.1) is 5.92 Å². The Balaban J connectivity index is 1.19. The number of carbonyl (C=O) groups is 2. The number of phenolic OH excluding ortho intramolecular Hbond substituents is 1. The lowest BCUT2D eigenvalue weighted by Crippen LogP contribution is -2.58. The monoisotopic (exact) mass is 855 g/mol. The zero-order chi connectivity index (χ0) is 41.3. The summed E-state index contributed by atoms with van der Waals surface area (Å²) in [5.41, 5.74) is 0.480. The first-order valence-electron chi connectivity index (χ1n) is 19.1. The number of Topliss-reactive ketones (excluding diaryl/α,β-unsaturated/α-hetero) is 1. The Morgan fingerprint density at radius 1 is 0.881 bits per heavy atom. The number of hydrogen-bond acceptors (Lipinski definition) is 9. The molecule has 6 aromatic rings. The van der Waals surface area contributed by atoms with Crippen molar-refractivity contribution in [3.05, 3.63) is 167 Å². The minimum absolute atomic E-state index is 0.0153. The second-order valence-electron chi connectivity index (χ2n) is 15.0. The van der Waals surface area contributed by atoms with Gasteiger partial charge < -0.3 is 19.1 Å². The van der Waals surface area contributed by atoms with Crippen LogP contribution >= 0.6 is 15.9 Å². The molecule has 2 aliphatic carbocycles. The summed E-state index contributed by atoms with van der Waals surface area (Å²) in [5.74, 6) is -1.74. The van der Waals surface area contributed by atoms with E-state index < -0.39 is 40.2 Å². The Bertz CT molecular complexity index is 2980.